The van der Waals surface area contributed by atoms with Crippen molar-refractivity contribution in [2.24, 2.45) is 0 Å². The van der Waals surface area contributed by atoms with Gasteiger partial charge in [-0.05, 0) is 13.0 Å². The molecule has 0 fully saturated rings. The Bertz CT molecular complexity index is 246. The number of hydrogen-bond acceptors (Lipinski definition) is 4. The second-order valence-corrected chi connectivity index (χ2v) is 2.19. The van der Waals surface area contributed by atoms with E-state index in [1.54, 1.807) is 12.3 Å². The molecule has 0 aromatic carbocycles. The largest absolute Gasteiger partial charge is 0.394 e. The highest BCUT2D eigenvalue weighted by atomic mass is 14.9. The van der Waals surface area contributed by atoms with Gasteiger partial charge in [-0.1, -0.05) is 0 Å². The van der Waals surface area contributed by atoms with Crippen molar-refractivity contribution in [3.63, 3.8) is 0 Å². The molecule has 1 rings (SSSR count). The molecule has 0 aliphatic rings. The summed E-state index contributed by atoms with van der Waals surface area (Å²) in [4.78, 5) is 3.83. The molecule has 5 N–H and O–H groups in total. The molecule has 60 valence electrons. The third kappa shape index (κ3) is 1.52. The lowest BCUT2D eigenvalue weighted by molar-refractivity contribution is 1.20. The third-order valence-corrected chi connectivity index (χ3v) is 1.39. The minimum atomic E-state index is 0.378. The zero-order chi connectivity index (χ0) is 8.27. The van der Waals surface area contributed by atoms with Gasteiger partial charge in [0.1, 0.15) is 5.82 Å². The summed E-state index contributed by atoms with van der Waals surface area (Å²) in [6.07, 6.45) is 1.63. The standard InChI is InChI=1S/C7H12N4/c1-2-10-5-3-4-11-7(9)6(5)8/h3-4H,2,8H2,1H3,(H3,9,10,11). The average Bonchev–Trinajstić information content (AvgIpc) is 1.99. The number of anilines is 3. The smallest absolute Gasteiger partial charge is 0.148 e. The summed E-state index contributed by atoms with van der Waals surface area (Å²) in [7, 11) is 0. The van der Waals surface area contributed by atoms with Crippen molar-refractivity contribution in [3.05, 3.63) is 12.3 Å². The minimum Gasteiger partial charge on any atom is -0.394 e. The Morgan fingerprint density at radius 3 is 2.91 bits per heavy atom. The van der Waals surface area contributed by atoms with Gasteiger partial charge in [-0.25, -0.2) is 4.98 Å². The highest BCUT2D eigenvalue weighted by Crippen LogP contribution is 2.21. The Morgan fingerprint density at radius 2 is 2.27 bits per heavy atom. The SMILES string of the molecule is CCNc1ccnc(N)c1N. The molecule has 0 spiro atoms. The van der Waals surface area contributed by atoms with E-state index in [2.05, 4.69) is 10.3 Å². The minimum absolute atomic E-state index is 0.378. The summed E-state index contributed by atoms with van der Waals surface area (Å²) in [5, 5.41) is 3.07. The third-order valence-electron chi connectivity index (χ3n) is 1.39. The number of nitrogens with one attached hydrogen (secondary N) is 1. The lowest BCUT2D eigenvalue weighted by Crippen LogP contribution is -2.04. The van der Waals surface area contributed by atoms with Crippen molar-refractivity contribution in [2.75, 3.05) is 23.3 Å². The molecule has 0 unspecified atom stereocenters. The molecule has 11 heavy (non-hydrogen) atoms. The molecule has 0 bridgehead atoms. The second-order valence-electron chi connectivity index (χ2n) is 2.19. The van der Waals surface area contributed by atoms with Gasteiger partial charge in [0.2, 0.25) is 0 Å². The van der Waals surface area contributed by atoms with Gasteiger partial charge < -0.3 is 16.8 Å². The van der Waals surface area contributed by atoms with E-state index in [9.17, 15) is 0 Å². The lowest BCUT2D eigenvalue weighted by atomic mass is 10.3. The quantitative estimate of drug-likeness (QED) is 0.582. The van der Waals surface area contributed by atoms with Crippen molar-refractivity contribution in [3.8, 4) is 0 Å². The number of pyridine rings is 1. The molecule has 0 radical (unpaired) electrons. The first kappa shape index (κ1) is 7.65. The van der Waals surface area contributed by atoms with Gasteiger partial charge >= 0.3 is 0 Å². The molecule has 1 aromatic heterocycles. The van der Waals surface area contributed by atoms with E-state index in [1.165, 1.54) is 0 Å². The van der Waals surface area contributed by atoms with E-state index in [1.807, 2.05) is 6.92 Å². The van der Waals surface area contributed by atoms with E-state index in [4.69, 9.17) is 11.5 Å². The molecule has 0 atom stereocenters. The Labute approximate surface area is 65.6 Å². The number of hydrogen-bond donors (Lipinski definition) is 3. The Hall–Kier alpha value is -1.45. The molecule has 4 nitrogen and oxygen atoms in total. The second kappa shape index (κ2) is 3.09. The van der Waals surface area contributed by atoms with Gasteiger partial charge in [-0.15, -0.1) is 0 Å². The van der Waals surface area contributed by atoms with Crippen molar-refractivity contribution < 1.29 is 0 Å². The maximum atomic E-state index is 5.62. The van der Waals surface area contributed by atoms with E-state index >= 15 is 0 Å². The fourth-order valence-electron chi connectivity index (χ4n) is 0.834. The van der Waals surface area contributed by atoms with E-state index in [0.29, 0.717) is 11.5 Å². The molecule has 0 saturated carbocycles. The van der Waals surface area contributed by atoms with Crippen molar-refractivity contribution in [1.82, 2.24) is 4.98 Å². The van der Waals surface area contributed by atoms with Crippen LogP contribution < -0.4 is 16.8 Å². The Kier molecular flexibility index (Phi) is 2.15. The zero-order valence-electron chi connectivity index (χ0n) is 6.46. The Balaban J connectivity index is 2.96. The molecule has 1 heterocycles. The lowest BCUT2D eigenvalue weighted by Gasteiger charge is -2.07. The molecule has 0 amide bonds. The van der Waals surface area contributed by atoms with Crippen LogP contribution in [0.25, 0.3) is 0 Å². The monoisotopic (exact) mass is 152 g/mol. The summed E-state index contributed by atoms with van der Waals surface area (Å²) in [6.45, 7) is 2.82. The summed E-state index contributed by atoms with van der Waals surface area (Å²) in [5.41, 5.74) is 12.5. The molecule has 1 aromatic rings. The Morgan fingerprint density at radius 1 is 1.55 bits per heavy atom. The van der Waals surface area contributed by atoms with E-state index in [-0.39, 0.29) is 0 Å². The van der Waals surface area contributed by atoms with Crippen LogP contribution in [0.3, 0.4) is 0 Å². The fraction of sp³-hybridized carbons (Fsp3) is 0.286. The van der Waals surface area contributed by atoms with Gasteiger partial charge in [0, 0.05) is 12.7 Å². The van der Waals surface area contributed by atoms with Crippen LogP contribution in [0.4, 0.5) is 17.2 Å². The topological polar surface area (TPSA) is 77.0 Å². The zero-order valence-corrected chi connectivity index (χ0v) is 6.46. The highest BCUT2D eigenvalue weighted by Gasteiger charge is 1.99. The van der Waals surface area contributed by atoms with Crippen LogP contribution in [0.5, 0.6) is 0 Å². The van der Waals surface area contributed by atoms with Gasteiger partial charge in [-0.2, -0.15) is 0 Å². The van der Waals surface area contributed by atoms with Gasteiger partial charge in [0.05, 0.1) is 11.4 Å². The first-order valence-corrected chi connectivity index (χ1v) is 3.49. The maximum absolute atomic E-state index is 5.62. The fourth-order valence-corrected chi connectivity index (χ4v) is 0.834. The van der Waals surface area contributed by atoms with Crippen LogP contribution in [-0.2, 0) is 0 Å². The van der Waals surface area contributed by atoms with Crippen molar-refractivity contribution >= 4 is 17.2 Å². The predicted octanol–water partition coefficient (Wildman–Crippen LogP) is 0.678. The number of nitrogens with zero attached hydrogens (tertiary/aromatic N) is 1. The van der Waals surface area contributed by atoms with Gasteiger partial charge in [-0.3, -0.25) is 0 Å². The molecule has 0 aliphatic heterocycles. The summed E-state index contributed by atoms with van der Waals surface area (Å²) < 4.78 is 0. The predicted molar refractivity (Wildman–Crippen MR) is 47.2 cm³/mol. The van der Waals surface area contributed by atoms with Crippen LogP contribution in [0, 0.1) is 0 Å². The van der Waals surface area contributed by atoms with Gasteiger partial charge in [0.15, 0.2) is 0 Å². The van der Waals surface area contributed by atoms with Crippen LogP contribution >= 0.6 is 0 Å². The van der Waals surface area contributed by atoms with Gasteiger partial charge in [0.25, 0.3) is 0 Å². The van der Waals surface area contributed by atoms with Crippen LogP contribution in [0.2, 0.25) is 0 Å². The van der Waals surface area contributed by atoms with Crippen LogP contribution in [0.15, 0.2) is 12.3 Å². The van der Waals surface area contributed by atoms with E-state index < -0.39 is 0 Å². The first-order valence-electron chi connectivity index (χ1n) is 3.49. The van der Waals surface area contributed by atoms with Crippen LogP contribution in [0.1, 0.15) is 6.92 Å². The number of nitrogen functional groups attached to an aromatic ring is 2. The normalized spacial score (nSPS) is 9.55. The van der Waals surface area contributed by atoms with Crippen molar-refractivity contribution in [2.45, 2.75) is 6.92 Å². The number of rotatable bonds is 2. The van der Waals surface area contributed by atoms with Crippen LogP contribution in [-0.4, -0.2) is 11.5 Å². The first-order chi connectivity index (χ1) is 5.25. The summed E-state index contributed by atoms with van der Waals surface area (Å²) >= 11 is 0. The molecular weight excluding hydrogens is 140 g/mol. The highest BCUT2D eigenvalue weighted by molar-refractivity contribution is 5.75. The van der Waals surface area contributed by atoms with E-state index in [0.717, 1.165) is 12.2 Å². The molecular formula is C7H12N4. The number of aromatic nitrogens is 1. The molecule has 0 aliphatic carbocycles. The average molecular weight is 152 g/mol. The van der Waals surface area contributed by atoms with Crippen molar-refractivity contribution in [1.29, 1.82) is 0 Å². The molecule has 0 saturated heterocycles. The summed E-state index contributed by atoms with van der Waals surface area (Å²) in [6, 6.07) is 1.80. The maximum Gasteiger partial charge on any atom is 0.148 e. The summed E-state index contributed by atoms with van der Waals surface area (Å²) in [5.74, 6) is 0.378. The number of nitrogens with two attached hydrogens (primary N) is 2. The molecule has 4 heteroatoms.